The molecule has 0 unspecified atom stereocenters. The van der Waals surface area contributed by atoms with Crippen LogP contribution in [0.1, 0.15) is 16.1 Å². The number of rotatable bonds is 7. The van der Waals surface area contributed by atoms with Gasteiger partial charge in [0.05, 0.1) is 14.2 Å². The quantitative estimate of drug-likeness (QED) is 0.471. The number of fused-ring (bicyclic) bond motifs is 1. The molecule has 0 atom stereocenters. The Morgan fingerprint density at radius 2 is 1.58 bits per heavy atom. The number of furan rings is 1. The Balaban J connectivity index is 1.57. The first kappa shape index (κ1) is 17.7. The van der Waals surface area contributed by atoms with E-state index in [1.165, 1.54) is 0 Å². The summed E-state index contributed by atoms with van der Waals surface area (Å²) >= 11 is 0. The summed E-state index contributed by atoms with van der Waals surface area (Å²) in [5, 5.41) is 0.825. The molecule has 0 aliphatic rings. The monoisotopic (exact) mass is 356 g/mol. The fraction of sp³-hybridized carbons (Fsp3) is 0.250. The van der Waals surface area contributed by atoms with E-state index >= 15 is 0 Å². The summed E-state index contributed by atoms with van der Waals surface area (Å²) in [5.74, 6) is 1.80. The molecule has 26 heavy (non-hydrogen) atoms. The van der Waals surface area contributed by atoms with Crippen molar-refractivity contribution in [2.45, 2.75) is 6.92 Å². The number of carbonyl (C=O) groups is 1. The maximum atomic E-state index is 12.3. The highest BCUT2D eigenvalue weighted by Crippen LogP contribution is 2.29. The van der Waals surface area contributed by atoms with Crippen LogP contribution >= 0.6 is 0 Å². The second-order valence-electron chi connectivity index (χ2n) is 5.58. The minimum atomic E-state index is -0.518. The molecule has 0 fully saturated rings. The Kier molecular flexibility index (Phi) is 5.31. The van der Waals surface area contributed by atoms with Gasteiger partial charge in [-0.15, -0.1) is 0 Å². The number of carbonyl (C=O) groups excluding carboxylic acids is 1. The van der Waals surface area contributed by atoms with Crippen LogP contribution in [0.15, 0.2) is 46.9 Å². The first-order chi connectivity index (χ1) is 12.6. The Morgan fingerprint density at radius 1 is 0.923 bits per heavy atom. The number of esters is 1. The molecule has 0 radical (unpaired) electrons. The largest absolute Gasteiger partial charge is 0.497 e. The summed E-state index contributed by atoms with van der Waals surface area (Å²) in [5.41, 5.74) is 1.34. The van der Waals surface area contributed by atoms with Crippen molar-refractivity contribution in [3.8, 4) is 17.2 Å². The Morgan fingerprint density at radius 3 is 2.27 bits per heavy atom. The van der Waals surface area contributed by atoms with Crippen molar-refractivity contribution in [2.24, 2.45) is 0 Å². The lowest BCUT2D eigenvalue weighted by molar-refractivity contribution is 0.0416. The van der Waals surface area contributed by atoms with E-state index < -0.39 is 5.97 Å². The average Bonchev–Trinajstić information content (AvgIpc) is 3.01. The van der Waals surface area contributed by atoms with Gasteiger partial charge in [0.25, 0.3) is 0 Å². The van der Waals surface area contributed by atoms with Gasteiger partial charge in [-0.25, -0.2) is 4.79 Å². The number of methoxy groups -OCH3 is 2. The third-order valence-corrected chi connectivity index (χ3v) is 3.97. The van der Waals surface area contributed by atoms with Crippen LogP contribution in [0.5, 0.6) is 17.2 Å². The minimum absolute atomic E-state index is 0.116. The molecule has 3 rings (SSSR count). The van der Waals surface area contributed by atoms with Crippen molar-refractivity contribution >= 4 is 16.9 Å². The Labute approximate surface area is 151 Å². The van der Waals surface area contributed by atoms with Gasteiger partial charge >= 0.3 is 5.97 Å². The Hall–Kier alpha value is -3.15. The molecule has 0 saturated carbocycles. The van der Waals surface area contributed by atoms with Crippen LogP contribution in [0.2, 0.25) is 0 Å². The van der Waals surface area contributed by atoms with Crippen LogP contribution in [0, 0.1) is 6.92 Å². The van der Waals surface area contributed by atoms with Crippen molar-refractivity contribution in [1.82, 2.24) is 0 Å². The second-order valence-corrected chi connectivity index (χ2v) is 5.58. The molecule has 0 saturated heterocycles. The van der Waals surface area contributed by atoms with Crippen molar-refractivity contribution < 1.29 is 28.2 Å². The van der Waals surface area contributed by atoms with Crippen LogP contribution in [-0.2, 0) is 4.74 Å². The lowest BCUT2D eigenvalue weighted by Crippen LogP contribution is -2.12. The smallest absolute Gasteiger partial charge is 0.374 e. The summed E-state index contributed by atoms with van der Waals surface area (Å²) < 4.78 is 26.7. The van der Waals surface area contributed by atoms with Crippen molar-refractivity contribution in [2.75, 3.05) is 27.4 Å². The maximum Gasteiger partial charge on any atom is 0.374 e. The van der Waals surface area contributed by atoms with E-state index in [9.17, 15) is 4.79 Å². The minimum Gasteiger partial charge on any atom is -0.497 e. The van der Waals surface area contributed by atoms with Gasteiger partial charge in [-0.1, -0.05) is 0 Å². The standard InChI is InChI=1S/C20H20O6/c1-13-17-12-16(23-3)8-9-18(17)26-19(13)20(21)25-11-10-24-15-6-4-14(22-2)5-7-15/h4-9,12H,10-11H2,1-3H3. The molecule has 0 bridgehead atoms. The van der Waals surface area contributed by atoms with E-state index in [1.807, 2.05) is 13.0 Å². The van der Waals surface area contributed by atoms with Gasteiger partial charge in [0.15, 0.2) is 0 Å². The van der Waals surface area contributed by atoms with E-state index in [0.29, 0.717) is 17.1 Å². The van der Waals surface area contributed by atoms with E-state index in [-0.39, 0.29) is 19.0 Å². The van der Waals surface area contributed by atoms with E-state index in [4.69, 9.17) is 23.4 Å². The predicted molar refractivity (Wildman–Crippen MR) is 96.3 cm³/mol. The number of hydrogen-bond acceptors (Lipinski definition) is 6. The zero-order valence-electron chi connectivity index (χ0n) is 14.9. The molecule has 0 amide bonds. The SMILES string of the molecule is COc1ccc(OCCOC(=O)c2oc3ccc(OC)cc3c2C)cc1. The van der Waals surface area contributed by atoms with Crippen LogP contribution in [-0.4, -0.2) is 33.4 Å². The molecule has 0 N–H and O–H groups in total. The number of aryl methyl sites for hydroxylation is 1. The maximum absolute atomic E-state index is 12.3. The number of benzene rings is 2. The highest BCUT2D eigenvalue weighted by Gasteiger charge is 2.19. The normalized spacial score (nSPS) is 10.6. The molecular weight excluding hydrogens is 336 g/mol. The molecule has 3 aromatic rings. The van der Waals surface area contributed by atoms with E-state index in [2.05, 4.69) is 0 Å². The summed E-state index contributed by atoms with van der Waals surface area (Å²) in [7, 11) is 3.19. The molecule has 1 heterocycles. The van der Waals surface area contributed by atoms with Gasteiger partial charge in [-0.3, -0.25) is 0 Å². The molecule has 0 aliphatic heterocycles. The Bertz CT molecular complexity index is 895. The highest BCUT2D eigenvalue weighted by atomic mass is 16.6. The first-order valence-electron chi connectivity index (χ1n) is 8.13. The zero-order valence-corrected chi connectivity index (χ0v) is 14.9. The van der Waals surface area contributed by atoms with Crippen molar-refractivity contribution in [3.05, 3.63) is 53.8 Å². The summed E-state index contributed by atoms with van der Waals surface area (Å²) in [4.78, 5) is 12.3. The summed E-state index contributed by atoms with van der Waals surface area (Å²) in [6.45, 7) is 2.17. The van der Waals surface area contributed by atoms with Crippen LogP contribution in [0.25, 0.3) is 11.0 Å². The summed E-state index contributed by atoms with van der Waals surface area (Å²) in [6, 6.07) is 12.6. The highest BCUT2D eigenvalue weighted by molar-refractivity contribution is 5.96. The van der Waals surface area contributed by atoms with Gasteiger partial charge in [-0.05, 0) is 49.4 Å². The molecule has 1 aromatic heterocycles. The second kappa shape index (κ2) is 7.82. The fourth-order valence-corrected chi connectivity index (χ4v) is 2.55. The molecule has 6 nitrogen and oxygen atoms in total. The van der Waals surface area contributed by atoms with Gasteiger partial charge in [0.1, 0.15) is 36.0 Å². The number of ether oxygens (including phenoxy) is 4. The van der Waals surface area contributed by atoms with Crippen molar-refractivity contribution in [1.29, 1.82) is 0 Å². The van der Waals surface area contributed by atoms with Crippen LogP contribution in [0.4, 0.5) is 0 Å². The van der Waals surface area contributed by atoms with Gasteiger partial charge < -0.3 is 23.4 Å². The zero-order chi connectivity index (χ0) is 18.5. The van der Waals surface area contributed by atoms with Crippen LogP contribution < -0.4 is 14.2 Å². The fourth-order valence-electron chi connectivity index (χ4n) is 2.55. The van der Waals surface area contributed by atoms with Gasteiger partial charge in [0, 0.05) is 10.9 Å². The van der Waals surface area contributed by atoms with Gasteiger partial charge in [-0.2, -0.15) is 0 Å². The topological polar surface area (TPSA) is 67.1 Å². The van der Waals surface area contributed by atoms with Crippen molar-refractivity contribution in [3.63, 3.8) is 0 Å². The molecular formula is C20H20O6. The van der Waals surface area contributed by atoms with Gasteiger partial charge in [0.2, 0.25) is 5.76 Å². The molecule has 2 aromatic carbocycles. The molecule has 6 heteroatoms. The molecule has 0 spiro atoms. The third-order valence-electron chi connectivity index (χ3n) is 3.97. The number of hydrogen-bond donors (Lipinski definition) is 0. The van der Waals surface area contributed by atoms with E-state index in [0.717, 1.165) is 16.7 Å². The van der Waals surface area contributed by atoms with E-state index in [1.54, 1.807) is 50.6 Å². The van der Waals surface area contributed by atoms with Crippen LogP contribution in [0.3, 0.4) is 0 Å². The summed E-state index contributed by atoms with van der Waals surface area (Å²) in [6.07, 6.45) is 0. The third kappa shape index (κ3) is 3.74. The lowest BCUT2D eigenvalue weighted by atomic mass is 10.1. The average molecular weight is 356 g/mol. The predicted octanol–water partition coefficient (Wildman–Crippen LogP) is 3.99. The first-order valence-corrected chi connectivity index (χ1v) is 8.13. The lowest BCUT2D eigenvalue weighted by Gasteiger charge is -2.07. The molecule has 136 valence electrons. The molecule has 0 aliphatic carbocycles.